The number of hydrogen-bond acceptors (Lipinski definition) is 5. The maximum Gasteiger partial charge on any atom is 0.223 e. The van der Waals surface area contributed by atoms with Crippen molar-refractivity contribution in [3.63, 3.8) is 0 Å². The second kappa shape index (κ2) is 8.95. The van der Waals surface area contributed by atoms with Gasteiger partial charge in [-0.05, 0) is 38.0 Å². The van der Waals surface area contributed by atoms with Crippen LogP contribution >= 0.6 is 0 Å². The van der Waals surface area contributed by atoms with Crippen molar-refractivity contribution in [2.45, 2.75) is 46.6 Å². The van der Waals surface area contributed by atoms with Crippen LogP contribution in [0.2, 0.25) is 0 Å². The molecule has 0 fully saturated rings. The van der Waals surface area contributed by atoms with Crippen molar-refractivity contribution in [1.82, 2.24) is 14.8 Å². The first-order valence-corrected chi connectivity index (χ1v) is 9.85. The third-order valence-corrected chi connectivity index (χ3v) is 4.71. The van der Waals surface area contributed by atoms with Crippen LogP contribution in [-0.2, 0) is 6.54 Å². The maximum absolute atomic E-state index is 5.98. The zero-order valence-corrected chi connectivity index (χ0v) is 17.4. The van der Waals surface area contributed by atoms with Gasteiger partial charge in [0.25, 0.3) is 0 Å². The zero-order valence-electron chi connectivity index (χ0n) is 17.4. The largest absolute Gasteiger partial charge is 0.493 e. The number of fused-ring (bicyclic) bond motifs is 1. The van der Waals surface area contributed by atoms with Gasteiger partial charge in [-0.25, -0.2) is 4.98 Å². The minimum absolute atomic E-state index is 0.599. The Morgan fingerprint density at radius 2 is 1.71 bits per heavy atom. The molecule has 3 aromatic rings. The average molecular weight is 383 g/mol. The summed E-state index contributed by atoms with van der Waals surface area (Å²) < 4.78 is 18.9. The van der Waals surface area contributed by atoms with E-state index in [4.69, 9.17) is 24.3 Å². The van der Waals surface area contributed by atoms with E-state index >= 15 is 0 Å². The summed E-state index contributed by atoms with van der Waals surface area (Å²) in [5.41, 5.74) is 3.71. The summed E-state index contributed by atoms with van der Waals surface area (Å²) in [6.45, 7) is 7.87. The molecule has 3 rings (SSSR count). The maximum atomic E-state index is 5.98. The molecule has 0 aliphatic heterocycles. The lowest BCUT2D eigenvalue weighted by atomic mass is 10.1. The number of unbranched alkanes of at least 4 members (excludes halogenated alkanes) is 1. The van der Waals surface area contributed by atoms with Gasteiger partial charge in [0, 0.05) is 23.7 Å². The summed E-state index contributed by atoms with van der Waals surface area (Å²) >= 11 is 0. The van der Waals surface area contributed by atoms with Crippen molar-refractivity contribution in [3.05, 3.63) is 30.0 Å². The van der Waals surface area contributed by atoms with Crippen LogP contribution < -0.4 is 14.2 Å². The van der Waals surface area contributed by atoms with E-state index < -0.39 is 0 Å². The van der Waals surface area contributed by atoms with Crippen LogP contribution in [0.1, 0.15) is 38.8 Å². The molecule has 0 amide bonds. The fourth-order valence-corrected chi connectivity index (χ4v) is 3.15. The molecule has 0 aliphatic carbocycles. The van der Waals surface area contributed by atoms with Crippen LogP contribution in [0.4, 0.5) is 0 Å². The Hall–Kier alpha value is -2.76. The SMILES string of the molecule is CCCCn1nc(-c2cc3cc(OC)c(OC)cc3nc2OCCC)cc1C. The molecule has 1 aromatic carbocycles. The number of rotatable bonds is 9. The Kier molecular flexibility index (Phi) is 6.39. The van der Waals surface area contributed by atoms with Crippen LogP contribution in [-0.4, -0.2) is 35.6 Å². The van der Waals surface area contributed by atoms with E-state index in [0.717, 1.165) is 53.7 Å². The first-order chi connectivity index (χ1) is 13.6. The molecule has 0 bridgehead atoms. The predicted molar refractivity (Wildman–Crippen MR) is 111 cm³/mol. The summed E-state index contributed by atoms with van der Waals surface area (Å²) in [5.74, 6) is 1.92. The number of hydrogen-bond donors (Lipinski definition) is 0. The lowest BCUT2D eigenvalue weighted by Crippen LogP contribution is -2.03. The zero-order chi connectivity index (χ0) is 20.1. The van der Waals surface area contributed by atoms with Crippen LogP contribution in [0, 0.1) is 6.92 Å². The molecule has 0 aliphatic rings. The van der Waals surface area contributed by atoms with E-state index in [1.165, 1.54) is 0 Å². The summed E-state index contributed by atoms with van der Waals surface area (Å²) in [6.07, 6.45) is 3.15. The van der Waals surface area contributed by atoms with Crippen LogP contribution in [0.3, 0.4) is 0 Å². The Morgan fingerprint density at radius 1 is 0.964 bits per heavy atom. The van der Waals surface area contributed by atoms with E-state index in [2.05, 4.69) is 37.6 Å². The van der Waals surface area contributed by atoms with Gasteiger partial charge >= 0.3 is 0 Å². The van der Waals surface area contributed by atoms with Gasteiger partial charge in [0.15, 0.2) is 11.5 Å². The topological polar surface area (TPSA) is 58.4 Å². The molecule has 2 heterocycles. The van der Waals surface area contributed by atoms with Gasteiger partial charge in [-0.1, -0.05) is 20.3 Å². The van der Waals surface area contributed by atoms with Gasteiger partial charge in [0.05, 0.1) is 37.6 Å². The smallest absolute Gasteiger partial charge is 0.223 e. The summed E-state index contributed by atoms with van der Waals surface area (Å²) in [6, 6.07) is 7.98. The van der Waals surface area contributed by atoms with E-state index in [-0.39, 0.29) is 0 Å². The molecule has 0 radical (unpaired) electrons. The minimum atomic E-state index is 0.599. The van der Waals surface area contributed by atoms with Crippen molar-refractivity contribution in [2.75, 3.05) is 20.8 Å². The molecule has 0 N–H and O–H groups in total. The van der Waals surface area contributed by atoms with Gasteiger partial charge in [0.1, 0.15) is 0 Å². The number of nitrogens with zero attached hydrogens (tertiary/aromatic N) is 3. The highest BCUT2D eigenvalue weighted by atomic mass is 16.5. The van der Waals surface area contributed by atoms with Gasteiger partial charge < -0.3 is 14.2 Å². The highest BCUT2D eigenvalue weighted by Gasteiger charge is 2.17. The number of aromatic nitrogens is 3. The first-order valence-electron chi connectivity index (χ1n) is 9.85. The molecule has 6 nitrogen and oxygen atoms in total. The van der Waals surface area contributed by atoms with Crippen LogP contribution in [0.25, 0.3) is 22.2 Å². The number of pyridine rings is 1. The lowest BCUT2D eigenvalue weighted by molar-refractivity contribution is 0.307. The minimum Gasteiger partial charge on any atom is -0.493 e. The monoisotopic (exact) mass is 383 g/mol. The van der Waals surface area contributed by atoms with Crippen LogP contribution in [0.5, 0.6) is 17.4 Å². The lowest BCUT2D eigenvalue weighted by Gasteiger charge is -2.13. The standard InChI is InChI=1S/C22H29N3O3/c1-6-8-9-25-15(3)11-19(24-25)17-12-16-13-20(26-4)21(27-5)14-18(16)23-22(17)28-10-7-2/h11-14H,6-10H2,1-5H3. The number of aryl methyl sites for hydroxylation is 2. The Labute approximate surface area is 166 Å². The molecule has 0 unspecified atom stereocenters. The molecule has 28 heavy (non-hydrogen) atoms. The van der Waals surface area contributed by atoms with E-state index in [9.17, 15) is 0 Å². The summed E-state index contributed by atoms with van der Waals surface area (Å²) in [5, 5.41) is 5.77. The van der Waals surface area contributed by atoms with Crippen molar-refractivity contribution in [3.8, 4) is 28.6 Å². The second-order valence-corrected chi connectivity index (χ2v) is 6.84. The normalized spacial score (nSPS) is 11.0. The Bertz CT molecular complexity index is 950. The predicted octanol–water partition coefficient (Wildman–Crippen LogP) is 5.01. The molecule has 0 atom stereocenters. The first kappa shape index (κ1) is 20.0. The van der Waals surface area contributed by atoms with Gasteiger partial charge in [0.2, 0.25) is 5.88 Å². The number of benzene rings is 1. The molecule has 0 spiro atoms. The fourth-order valence-electron chi connectivity index (χ4n) is 3.15. The number of methoxy groups -OCH3 is 2. The average Bonchev–Trinajstić information content (AvgIpc) is 3.09. The van der Waals surface area contributed by atoms with E-state index in [1.807, 2.05) is 12.1 Å². The highest BCUT2D eigenvalue weighted by Crippen LogP contribution is 2.36. The number of ether oxygens (including phenoxy) is 3. The van der Waals surface area contributed by atoms with E-state index in [0.29, 0.717) is 24.0 Å². The van der Waals surface area contributed by atoms with Crippen molar-refractivity contribution < 1.29 is 14.2 Å². The summed E-state index contributed by atoms with van der Waals surface area (Å²) in [4.78, 5) is 4.77. The Morgan fingerprint density at radius 3 is 2.39 bits per heavy atom. The molecular weight excluding hydrogens is 354 g/mol. The molecule has 150 valence electrons. The third-order valence-electron chi connectivity index (χ3n) is 4.71. The van der Waals surface area contributed by atoms with Crippen LogP contribution in [0.15, 0.2) is 24.3 Å². The van der Waals surface area contributed by atoms with E-state index in [1.54, 1.807) is 14.2 Å². The molecule has 0 saturated heterocycles. The van der Waals surface area contributed by atoms with Gasteiger partial charge in [-0.15, -0.1) is 0 Å². The van der Waals surface area contributed by atoms with Crippen molar-refractivity contribution in [1.29, 1.82) is 0 Å². The van der Waals surface area contributed by atoms with Crippen molar-refractivity contribution in [2.24, 2.45) is 0 Å². The van der Waals surface area contributed by atoms with Gasteiger partial charge in [-0.2, -0.15) is 5.10 Å². The molecular formula is C22H29N3O3. The third kappa shape index (κ3) is 4.06. The quantitative estimate of drug-likeness (QED) is 0.520. The molecule has 0 saturated carbocycles. The fraction of sp³-hybridized carbons (Fsp3) is 0.455. The van der Waals surface area contributed by atoms with Gasteiger partial charge in [-0.3, -0.25) is 4.68 Å². The molecule has 2 aromatic heterocycles. The Balaban J connectivity index is 2.13. The van der Waals surface area contributed by atoms with Crippen molar-refractivity contribution >= 4 is 10.9 Å². The summed E-state index contributed by atoms with van der Waals surface area (Å²) in [7, 11) is 3.26. The highest BCUT2D eigenvalue weighted by molar-refractivity contribution is 5.88. The second-order valence-electron chi connectivity index (χ2n) is 6.84. The molecule has 6 heteroatoms.